The van der Waals surface area contributed by atoms with Crippen LogP contribution in [-0.4, -0.2) is 57.4 Å². The Morgan fingerprint density at radius 2 is 2.20 bits per heavy atom. The van der Waals surface area contributed by atoms with Crippen molar-refractivity contribution in [3.63, 3.8) is 0 Å². The molecule has 25 heavy (non-hydrogen) atoms. The molecular weight excluding hydrogens is 429 g/mol. The van der Waals surface area contributed by atoms with E-state index in [1.54, 1.807) is 7.11 Å². The van der Waals surface area contributed by atoms with Gasteiger partial charge in [0.05, 0.1) is 13.7 Å². The Hall–Kier alpha value is -1.02. The molecule has 1 N–H and O–H groups in total. The van der Waals surface area contributed by atoms with E-state index in [4.69, 9.17) is 14.5 Å². The second-order valence-corrected chi connectivity index (χ2v) is 6.77. The van der Waals surface area contributed by atoms with Crippen LogP contribution in [0, 0.1) is 5.41 Å². The van der Waals surface area contributed by atoms with Gasteiger partial charge < -0.3 is 19.7 Å². The lowest BCUT2D eigenvalue weighted by Crippen LogP contribution is -2.41. The van der Waals surface area contributed by atoms with Gasteiger partial charge >= 0.3 is 0 Å². The molecule has 140 valence electrons. The molecule has 0 aromatic heterocycles. The zero-order chi connectivity index (χ0) is 16.8. The van der Waals surface area contributed by atoms with E-state index in [9.17, 15) is 0 Å². The summed E-state index contributed by atoms with van der Waals surface area (Å²) in [5.74, 6) is 1.98. The minimum Gasteiger partial charge on any atom is -0.496 e. The Morgan fingerprint density at radius 1 is 1.36 bits per heavy atom. The first-order chi connectivity index (χ1) is 11.8. The Morgan fingerprint density at radius 3 is 2.92 bits per heavy atom. The van der Waals surface area contributed by atoms with E-state index in [1.165, 1.54) is 18.4 Å². The molecule has 1 atom stereocenters. The number of para-hydroxylation sites is 1. The lowest BCUT2D eigenvalue weighted by atomic mass is 9.87. The molecule has 1 aromatic rings. The van der Waals surface area contributed by atoms with Crippen molar-refractivity contribution in [1.29, 1.82) is 0 Å². The van der Waals surface area contributed by atoms with Crippen LogP contribution < -0.4 is 10.1 Å². The first-order valence-electron chi connectivity index (χ1n) is 8.99. The summed E-state index contributed by atoms with van der Waals surface area (Å²) >= 11 is 0. The second-order valence-electron chi connectivity index (χ2n) is 6.77. The van der Waals surface area contributed by atoms with Crippen LogP contribution in [0.5, 0.6) is 5.75 Å². The van der Waals surface area contributed by atoms with Crippen molar-refractivity contribution in [3.05, 3.63) is 29.8 Å². The summed E-state index contributed by atoms with van der Waals surface area (Å²) in [7, 11) is 1.72. The van der Waals surface area contributed by atoms with Crippen molar-refractivity contribution in [2.75, 3.05) is 46.5 Å². The molecule has 0 bridgehead atoms. The molecule has 3 rings (SSSR count). The van der Waals surface area contributed by atoms with Gasteiger partial charge in [-0.2, -0.15) is 0 Å². The predicted molar refractivity (Wildman–Crippen MR) is 112 cm³/mol. The van der Waals surface area contributed by atoms with Crippen LogP contribution >= 0.6 is 24.0 Å². The highest BCUT2D eigenvalue weighted by Crippen LogP contribution is 2.38. The van der Waals surface area contributed by atoms with Gasteiger partial charge in [-0.05, 0) is 37.8 Å². The van der Waals surface area contributed by atoms with Crippen LogP contribution in [0.2, 0.25) is 0 Å². The number of halogens is 1. The van der Waals surface area contributed by atoms with E-state index >= 15 is 0 Å². The maximum atomic E-state index is 5.63. The van der Waals surface area contributed by atoms with Gasteiger partial charge in [0.1, 0.15) is 5.75 Å². The monoisotopic (exact) mass is 459 g/mol. The molecular formula is C19H30IN3O2. The van der Waals surface area contributed by atoms with Gasteiger partial charge in [-0.1, -0.05) is 18.2 Å². The molecule has 0 saturated carbocycles. The highest BCUT2D eigenvalue weighted by molar-refractivity contribution is 14.0. The number of hydrogen-bond acceptors (Lipinski definition) is 3. The van der Waals surface area contributed by atoms with E-state index in [2.05, 4.69) is 29.3 Å². The summed E-state index contributed by atoms with van der Waals surface area (Å²) < 4.78 is 11.1. The van der Waals surface area contributed by atoms with E-state index < -0.39 is 0 Å². The number of nitrogens with one attached hydrogen (secondary N) is 1. The summed E-state index contributed by atoms with van der Waals surface area (Å²) in [5, 5.41) is 3.45. The number of guanidine groups is 1. The van der Waals surface area contributed by atoms with E-state index in [0.29, 0.717) is 5.41 Å². The molecule has 2 saturated heterocycles. The molecule has 2 aliphatic heterocycles. The Balaban J connectivity index is 0.00000225. The molecule has 1 spiro atoms. The summed E-state index contributed by atoms with van der Waals surface area (Å²) in [6.07, 6.45) is 3.29. The van der Waals surface area contributed by atoms with Crippen molar-refractivity contribution < 1.29 is 9.47 Å². The van der Waals surface area contributed by atoms with Crippen LogP contribution in [0.15, 0.2) is 29.3 Å². The molecule has 1 aromatic carbocycles. The SMILES string of the molecule is CCNC(=NCCc1ccccc1OC)N1CCC2(CCOC2)C1.I. The Kier molecular flexibility index (Phi) is 7.81. The Labute approximate surface area is 168 Å². The summed E-state index contributed by atoms with van der Waals surface area (Å²) in [6, 6.07) is 8.18. The molecule has 2 heterocycles. The standard InChI is InChI=1S/C19H29N3O2.HI/c1-3-20-18(22-12-9-19(14-22)10-13-24-15-19)21-11-8-16-6-4-5-7-17(16)23-2;/h4-7H,3,8-15H2,1-2H3,(H,20,21);1H. The number of rotatable bonds is 5. The van der Waals surface area contributed by atoms with Gasteiger partial charge in [0.25, 0.3) is 0 Å². The van der Waals surface area contributed by atoms with Crippen molar-refractivity contribution in [2.45, 2.75) is 26.2 Å². The fraction of sp³-hybridized carbons (Fsp3) is 0.632. The van der Waals surface area contributed by atoms with Crippen molar-refractivity contribution in [2.24, 2.45) is 10.4 Å². The zero-order valence-corrected chi connectivity index (χ0v) is 17.6. The number of aliphatic imine (C=N–C) groups is 1. The largest absolute Gasteiger partial charge is 0.496 e. The quantitative estimate of drug-likeness (QED) is 0.418. The third-order valence-electron chi connectivity index (χ3n) is 5.09. The molecule has 0 radical (unpaired) electrons. The second kappa shape index (κ2) is 9.62. The molecule has 6 heteroatoms. The number of methoxy groups -OCH3 is 1. The summed E-state index contributed by atoms with van der Waals surface area (Å²) in [5.41, 5.74) is 1.57. The van der Waals surface area contributed by atoms with Crippen LogP contribution in [0.1, 0.15) is 25.3 Å². The zero-order valence-electron chi connectivity index (χ0n) is 15.3. The van der Waals surface area contributed by atoms with Gasteiger partial charge in [-0.15, -0.1) is 24.0 Å². The summed E-state index contributed by atoms with van der Waals surface area (Å²) in [6.45, 7) is 7.74. The van der Waals surface area contributed by atoms with Gasteiger partial charge in [0, 0.05) is 38.2 Å². The molecule has 0 amide bonds. The van der Waals surface area contributed by atoms with E-state index in [0.717, 1.165) is 57.5 Å². The molecule has 5 nitrogen and oxygen atoms in total. The third-order valence-corrected chi connectivity index (χ3v) is 5.09. The number of nitrogens with zero attached hydrogens (tertiary/aromatic N) is 2. The lowest BCUT2D eigenvalue weighted by Gasteiger charge is -2.25. The van der Waals surface area contributed by atoms with E-state index in [-0.39, 0.29) is 24.0 Å². The maximum absolute atomic E-state index is 5.63. The fourth-order valence-electron chi connectivity index (χ4n) is 3.70. The number of likely N-dealkylation sites (tertiary alicyclic amines) is 1. The number of ether oxygens (including phenoxy) is 2. The summed E-state index contributed by atoms with van der Waals surface area (Å²) in [4.78, 5) is 7.26. The molecule has 1 unspecified atom stereocenters. The number of benzene rings is 1. The van der Waals surface area contributed by atoms with Gasteiger partial charge in [0.15, 0.2) is 5.96 Å². The topological polar surface area (TPSA) is 46.1 Å². The van der Waals surface area contributed by atoms with Crippen molar-refractivity contribution in [1.82, 2.24) is 10.2 Å². The fourth-order valence-corrected chi connectivity index (χ4v) is 3.70. The first kappa shape index (κ1) is 20.3. The van der Waals surface area contributed by atoms with Gasteiger partial charge in [-0.3, -0.25) is 4.99 Å². The average Bonchev–Trinajstić information content (AvgIpc) is 3.25. The van der Waals surface area contributed by atoms with Crippen molar-refractivity contribution >= 4 is 29.9 Å². The number of hydrogen-bond donors (Lipinski definition) is 1. The van der Waals surface area contributed by atoms with Gasteiger partial charge in [0.2, 0.25) is 0 Å². The van der Waals surface area contributed by atoms with Crippen LogP contribution in [0.4, 0.5) is 0 Å². The molecule has 2 aliphatic rings. The Bertz CT molecular complexity index is 574. The van der Waals surface area contributed by atoms with Crippen LogP contribution in [-0.2, 0) is 11.2 Å². The normalized spacial score (nSPS) is 23.0. The van der Waals surface area contributed by atoms with Crippen molar-refractivity contribution in [3.8, 4) is 5.75 Å². The highest BCUT2D eigenvalue weighted by atomic mass is 127. The van der Waals surface area contributed by atoms with E-state index in [1.807, 2.05) is 12.1 Å². The lowest BCUT2D eigenvalue weighted by molar-refractivity contribution is 0.156. The maximum Gasteiger partial charge on any atom is 0.193 e. The molecule has 2 fully saturated rings. The van der Waals surface area contributed by atoms with Gasteiger partial charge in [-0.25, -0.2) is 0 Å². The third kappa shape index (κ3) is 5.00. The minimum atomic E-state index is 0. The van der Waals surface area contributed by atoms with Crippen LogP contribution in [0.3, 0.4) is 0 Å². The predicted octanol–water partition coefficient (Wildman–Crippen LogP) is 2.93. The smallest absolute Gasteiger partial charge is 0.193 e. The first-order valence-corrected chi connectivity index (χ1v) is 8.99. The molecule has 0 aliphatic carbocycles. The average molecular weight is 459 g/mol. The highest BCUT2D eigenvalue weighted by Gasteiger charge is 2.42. The van der Waals surface area contributed by atoms with Crippen LogP contribution in [0.25, 0.3) is 0 Å². The minimum absolute atomic E-state index is 0.